The second kappa shape index (κ2) is 8.81. The fourth-order valence-electron chi connectivity index (χ4n) is 3.68. The molecule has 2 aromatic carbocycles. The monoisotopic (exact) mass is 432 g/mol. The van der Waals surface area contributed by atoms with E-state index in [9.17, 15) is 4.79 Å². The molecular formula is C24H24N4O2S. The zero-order chi connectivity index (χ0) is 22.0. The molecule has 4 rings (SSSR count). The number of para-hydroxylation sites is 1. The zero-order valence-electron chi connectivity index (χ0n) is 18.0. The lowest BCUT2D eigenvalue weighted by Gasteiger charge is -2.09. The van der Waals surface area contributed by atoms with E-state index in [1.54, 1.807) is 7.11 Å². The van der Waals surface area contributed by atoms with Gasteiger partial charge in [0.1, 0.15) is 5.75 Å². The number of hydrogen-bond donors (Lipinski definition) is 0. The summed E-state index contributed by atoms with van der Waals surface area (Å²) in [5.74, 6) is 1.87. The van der Waals surface area contributed by atoms with E-state index in [2.05, 4.69) is 14.8 Å². The summed E-state index contributed by atoms with van der Waals surface area (Å²) < 4.78 is 9.31. The van der Waals surface area contributed by atoms with Crippen LogP contribution in [0.1, 0.15) is 21.7 Å². The molecule has 0 saturated heterocycles. The molecule has 0 unspecified atom stereocenters. The van der Waals surface area contributed by atoms with E-state index in [0.29, 0.717) is 10.9 Å². The smallest absolute Gasteiger partial charge is 0.191 e. The normalized spacial score (nSPS) is 11.0. The van der Waals surface area contributed by atoms with Crippen molar-refractivity contribution in [2.75, 3.05) is 12.9 Å². The minimum absolute atomic E-state index is 0.0752. The lowest BCUT2D eigenvalue weighted by Crippen LogP contribution is -2.06. The topological polar surface area (TPSA) is 61.9 Å². The van der Waals surface area contributed by atoms with Gasteiger partial charge in [-0.05, 0) is 44.2 Å². The molecule has 0 spiro atoms. The van der Waals surface area contributed by atoms with Crippen LogP contribution in [0.4, 0.5) is 0 Å². The first-order valence-electron chi connectivity index (χ1n) is 9.93. The molecular weight excluding hydrogens is 408 g/mol. The molecule has 6 nitrogen and oxygen atoms in total. The van der Waals surface area contributed by atoms with Gasteiger partial charge in [-0.3, -0.25) is 4.79 Å². The molecule has 31 heavy (non-hydrogen) atoms. The molecule has 0 fully saturated rings. The maximum Gasteiger partial charge on any atom is 0.191 e. The number of rotatable bonds is 7. The summed E-state index contributed by atoms with van der Waals surface area (Å²) in [4.78, 5) is 13.0. The molecule has 158 valence electrons. The first-order valence-corrected chi connectivity index (χ1v) is 10.9. The number of aromatic nitrogens is 4. The Morgan fingerprint density at radius 1 is 1.03 bits per heavy atom. The second-order valence-electron chi connectivity index (χ2n) is 7.26. The number of aryl methyl sites for hydroxylation is 1. The molecule has 0 amide bonds. The molecule has 0 aliphatic carbocycles. The highest BCUT2D eigenvalue weighted by Gasteiger charge is 2.19. The summed E-state index contributed by atoms with van der Waals surface area (Å²) in [7, 11) is 3.54. The van der Waals surface area contributed by atoms with E-state index in [1.807, 2.05) is 86.1 Å². The number of thioether (sulfide) groups is 1. The van der Waals surface area contributed by atoms with Crippen LogP contribution >= 0.6 is 11.8 Å². The molecule has 0 saturated carbocycles. The molecule has 0 radical (unpaired) electrons. The number of carbonyl (C=O) groups excluding carboxylic acids is 1. The predicted octanol–water partition coefficient (Wildman–Crippen LogP) is 4.87. The summed E-state index contributed by atoms with van der Waals surface area (Å²) >= 11 is 1.39. The predicted molar refractivity (Wildman–Crippen MR) is 123 cm³/mol. The van der Waals surface area contributed by atoms with Crippen LogP contribution in [0.3, 0.4) is 0 Å². The minimum atomic E-state index is 0.0752. The first kappa shape index (κ1) is 20.9. The molecule has 0 aliphatic heterocycles. The third kappa shape index (κ3) is 4.14. The summed E-state index contributed by atoms with van der Waals surface area (Å²) in [6.07, 6.45) is 0. The van der Waals surface area contributed by atoms with E-state index in [-0.39, 0.29) is 5.78 Å². The van der Waals surface area contributed by atoms with E-state index in [4.69, 9.17) is 4.74 Å². The van der Waals surface area contributed by atoms with E-state index in [1.165, 1.54) is 11.8 Å². The lowest BCUT2D eigenvalue weighted by molar-refractivity contribution is 0.102. The van der Waals surface area contributed by atoms with Crippen molar-refractivity contribution in [1.82, 2.24) is 19.3 Å². The van der Waals surface area contributed by atoms with Gasteiger partial charge in [-0.2, -0.15) is 0 Å². The lowest BCUT2D eigenvalue weighted by atomic mass is 10.2. The third-order valence-corrected chi connectivity index (χ3v) is 6.26. The van der Waals surface area contributed by atoms with Crippen LogP contribution in [0, 0.1) is 13.8 Å². The van der Waals surface area contributed by atoms with Crippen molar-refractivity contribution < 1.29 is 9.53 Å². The molecule has 2 aromatic heterocycles. The number of ketones is 1. The van der Waals surface area contributed by atoms with Gasteiger partial charge in [-0.25, -0.2) is 0 Å². The third-order valence-electron chi connectivity index (χ3n) is 5.24. The van der Waals surface area contributed by atoms with Crippen LogP contribution in [-0.4, -0.2) is 38.0 Å². The number of carbonyl (C=O) groups is 1. The van der Waals surface area contributed by atoms with Crippen molar-refractivity contribution in [3.63, 3.8) is 0 Å². The molecule has 0 atom stereocenters. The van der Waals surface area contributed by atoms with Crippen LogP contribution in [0.25, 0.3) is 17.1 Å². The fourth-order valence-corrected chi connectivity index (χ4v) is 4.48. The Kier molecular flexibility index (Phi) is 5.95. The van der Waals surface area contributed by atoms with Crippen molar-refractivity contribution in [2.24, 2.45) is 7.05 Å². The maximum atomic E-state index is 13.0. The van der Waals surface area contributed by atoms with Crippen LogP contribution in [0.2, 0.25) is 0 Å². The van der Waals surface area contributed by atoms with Crippen LogP contribution in [0.5, 0.6) is 5.75 Å². The van der Waals surface area contributed by atoms with Gasteiger partial charge in [0.05, 0.1) is 12.9 Å². The molecule has 0 aliphatic rings. The summed E-state index contributed by atoms with van der Waals surface area (Å²) in [5, 5.41) is 9.29. The number of methoxy groups -OCH3 is 1. The number of hydrogen-bond acceptors (Lipinski definition) is 5. The SMILES string of the molecule is COc1cccc(-c2nnc(SCC(=O)c3cc(C)n(-c4ccccc4)c3C)n2C)c1. The largest absolute Gasteiger partial charge is 0.497 e. The molecule has 7 heteroatoms. The van der Waals surface area contributed by atoms with Gasteiger partial charge in [0.15, 0.2) is 16.8 Å². The molecule has 0 N–H and O–H groups in total. The zero-order valence-corrected chi connectivity index (χ0v) is 18.8. The number of benzene rings is 2. The fraction of sp³-hybridized carbons (Fsp3) is 0.208. The van der Waals surface area contributed by atoms with Crippen molar-refractivity contribution >= 4 is 17.5 Å². The van der Waals surface area contributed by atoms with Gasteiger partial charge >= 0.3 is 0 Å². The average Bonchev–Trinajstić information content (AvgIpc) is 3.31. The minimum Gasteiger partial charge on any atom is -0.497 e. The Hall–Kier alpha value is -3.32. The highest BCUT2D eigenvalue weighted by molar-refractivity contribution is 7.99. The number of Topliss-reactive ketones (excluding diaryl/α,β-unsaturated/α-hetero) is 1. The van der Waals surface area contributed by atoms with Crippen molar-refractivity contribution in [2.45, 2.75) is 19.0 Å². The number of nitrogens with zero attached hydrogens (tertiary/aromatic N) is 4. The van der Waals surface area contributed by atoms with Gasteiger partial charge in [0.2, 0.25) is 0 Å². The van der Waals surface area contributed by atoms with Gasteiger partial charge in [0.25, 0.3) is 0 Å². The Morgan fingerprint density at radius 3 is 2.55 bits per heavy atom. The highest BCUT2D eigenvalue weighted by Crippen LogP contribution is 2.27. The summed E-state index contributed by atoms with van der Waals surface area (Å²) in [6.45, 7) is 4.01. The van der Waals surface area contributed by atoms with Crippen LogP contribution in [-0.2, 0) is 7.05 Å². The molecule has 0 bridgehead atoms. The Bertz CT molecular complexity index is 1230. The Balaban J connectivity index is 1.52. The number of ether oxygens (including phenoxy) is 1. The van der Waals surface area contributed by atoms with Crippen LogP contribution < -0.4 is 4.74 Å². The van der Waals surface area contributed by atoms with Crippen molar-refractivity contribution in [3.8, 4) is 22.8 Å². The molecule has 4 aromatic rings. The van der Waals surface area contributed by atoms with E-state index < -0.39 is 0 Å². The Morgan fingerprint density at radius 2 is 1.81 bits per heavy atom. The highest BCUT2D eigenvalue weighted by atomic mass is 32.2. The standard InChI is InChI=1S/C24H24N4O2S/c1-16-13-21(17(2)28(16)19-10-6-5-7-11-19)22(29)15-31-24-26-25-23(27(24)3)18-9-8-12-20(14-18)30-4/h5-14H,15H2,1-4H3. The average molecular weight is 433 g/mol. The quantitative estimate of drug-likeness (QED) is 0.308. The Labute approximate surface area is 185 Å². The van der Waals surface area contributed by atoms with Gasteiger partial charge in [0, 0.05) is 35.2 Å². The molecule has 2 heterocycles. The van der Waals surface area contributed by atoms with E-state index >= 15 is 0 Å². The summed E-state index contributed by atoms with van der Waals surface area (Å²) in [5.41, 5.74) is 4.70. The van der Waals surface area contributed by atoms with Gasteiger partial charge in [-0.1, -0.05) is 42.1 Å². The van der Waals surface area contributed by atoms with Gasteiger partial charge < -0.3 is 13.9 Å². The van der Waals surface area contributed by atoms with Crippen LogP contribution in [0.15, 0.2) is 65.8 Å². The van der Waals surface area contributed by atoms with Gasteiger partial charge in [-0.15, -0.1) is 10.2 Å². The first-order chi connectivity index (χ1) is 15.0. The van der Waals surface area contributed by atoms with E-state index in [0.717, 1.165) is 39.8 Å². The van der Waals surface area contributed by atoms with Crippen molar-refractivity contribution in [1.29, 1.82) is 0 Å². The maximum absolute atomic E-state index is 13.0. The second-order valence-corrected chi connectivity index (χ2v) is 8.21. The summed E-state index contributed by atoms with van der Waals surface area (Å²) in [6, 6.07) is 19.7. The van der Waals surface area contributed by atoms with Crippen molar-refractivity contribution in [3.05, 3.63) is 77.6 Å².